The van der Waals surface area contributed by atoms with Crippen LogP contribution in [0.3, 0.4) is 0 Å². The van der Waals surface area contributed by atoms with E-state index in [0.29, 0.717) is 5.92 Å². The van der Waals surface area contributed by atoms with E-state index in [1.807, 2.05) is 0 Å². The van der Waals surface area contributed by atoms with Crippen molar-refractivity contribution in [3.05, 3.63) is 46.4 Å². The Bertz CT molecular complexity index is 634. The maximum Gasteiger partial charge on any atom is 0.134 e. The Labute approximate surface area is 120 Å². The fourth-order valence-electron chi connectivity index (χ4n) is 2.96. The van der Waals surface area contributed by atoms with Gasteiger partial charge in [0.05, 0.1) is 5.69 Å². The number of hydrogen-bond donors (Lipinski definition) is 1. The Morgan fingerprint density at radius 1 is 0.950 bits per heavy atom. The topological polar surface area (TPSA) is 37.8 Å². The molecule has 3 nitrogen and oxygen atoms in total. The highest BCUT2D eigenvalue weighted by Gasteiger charge is 2.23. The van der Waals surface area contributed by atoms with Crippen molar-refractivity contribution in [1.29, 1.82) is 0 Å². The van der Waals surface area contributed by atoms with E-state index < -0.39 is 0 Å². The molecule has 104 valence electrons. The minimum atomic E-state index is 0.472. The van der Waals surface area contributed by atoms with E-state index >= 15 is 0 Å². The average Bonchev–Trinajstić information content (AvgIpc) is 2.23. The number of rotatable bonds is 2. The summed E-state index contributed by atoms with van der Waals surface area (Å²) in [4.78, 5) is 9.43. The fourth-order valence-corrected chi connectivity index (χ4v) is 2.96. The van der Waals surface area contributed by atoms with Gasteiger partial charge in [-0.2, -0.15) is 0 Å². The first-order valence-corrected chi connectivity index (χ1v) is 7.19. The molecule has 0 aliphatic carbocycles. The first-order valence-electron chi connectivity index (χ1n) is 7.19. The maximum atomic E-state index is 4.83. The zero-order chi connectivity index (χ0) is 14.3. The lowest BCUT2D eigenvalue weighted by molar-refractivity contribution is 0.429. The summed E-state index contributed by atoms with van der Waals surface area (Å²) in [7, 11) is 0. The summed E-state index contributed by atoms with van der Waals surface area (Å²) >= 11 is 0. The molecule has 1 aliphatic heterocycles. The van der Waals surface area contributed by atoms with Gasteiger partial charge in [0.1, 0.15) is 5.82 Å². The highest BCUT2D eigenvalue weighted by Crippen LogP contribution is 2.28. The number of hydrogen-bond acceptors (Lipinski definition) is 3. The molecule has 2 aromatic rings. The molecule has 0 unspecified atom stereocenters. The van der Waals surface area contributed by atoms with Crippen LogP contribution in [0.4, 0.5) is 0 Å². The number of nitrogens with zero attached hydrogens (tertiary/aromatic N) is 2. The van der Waals surface area contributed by atoms with Gasteiger partial charge in [0.25, 0.3) is 0 Å². The lowest BCUT2D eigenvalue weighted by Gasteiger charge is -2.26. The first-order chi connectivity index (χ1) is 9.54. The van der Waals surface area contributed by atoms with Gasteiger partial charge < -0.3 is 5.32 Å². The van der Waals surface area contributed by atoms with Crippen LogP contribution in [0.2, 0.25) is 0 Å². The van der Waals surface area contributed by atoms with Gasteiger partial charge in [-0.3, -0.25) is 0 Å². The van der Waals surface area contributed by atoms with E-state index in [-0.39, 0.29) is 0 Å². The van der Waals surface area contributed by atoms with E-state index in [1.165, 1.54) is 22.3 Å². The van der Waals surface area contributed by atoms with E-state index in [4.69, 9.17) is 4.98 Å². The molecule has 0 radical (unpaired) electrons. The second-order valence-corrected chi connectivity index (χ2v) is 5.88. The first kappa shape index (κ1) is 13.3. The van der Waals surface area contributed by atoms with Crippen LogP contribution >= 0.6 is 0 Å². The molecule has 3 rings (SSSR count). The summed E-state index contributed by atoms with van der Waals surface area (Å²) in [6, 6.07) is 6.55. The van der Waals surface area contributed by atoms with Crippen molar-refractivity contribution in [3.63, 3.8) is 0 Å². The van der Waals surface area contributed by atoms with Crippen LogP contribution in [0.15, 0.2) is 18.2 Å². The molecule has 0 bridgehead atoms. The molecule has 1 aromatic heterocycles. The molecule has 1 aromatic carbocycles. The third kappa shape index (κ3) is 2.34. The molecule has 2 heterocycles. The second kappa shape index (κ2) is 4.98. The number of aromatic nitrogens is 2. The predicted molar refractivity (Wildman–Crippen MR) is 82.0 cm³/mol. The molecule has 0 atom stereocenters. The second-order valence-electron chi connectivity index (χ2n) is 5.88. The Morgan fingerprint density at radius 2 is 1.60 bits per heavy atom. The predicted octanol–water partition coefficient (Wildman–Crippen LogP) is 3.06. The molecule has 20 heavy (non-hydrogen) atoms. The van der Waals surface area contributed by atoms with Crippen molar-refractivity contribution >= 4 is 0 Å². The van der Waals surface area contributed by atoms with Gasteiger partial charge in [-0.25, -0.2) is 9.97 Å². The highest BCUT2D eigenvalue weighted by molar-refractivity contribution is 5.68. The van der Waals surface area contributed by atoms with Crippen molar-refractivity contribution in [2.24, 2.45) is 0 Å². The van der Waals surface area contributed by atoms with Gasteiger partial charge in [0.2, 0.25) is 0 Å². The number of aryl methyl sites for hydroxylation is 4. The zero-order valence-corrected chi connectivity index (χ0v) is 12.6. The van der Waals surface area contributed by atoms with Gasteiger partial charge in [-0.1, -0.05) is 17.7 Å². The fraction of sp³-hybridized carbons (Fsp3) is 0.412. The lowest BCUT2D eigenvalue weighted by atomic mass is 9.96. The summed E-state index contributed by atoms with van der Waals surface area (Å²) in [6.07, 6.45) is 0. The third-order valence-corrected chi connectivity index (χ3v) is 3.95. The summed E-state index contributed by atoms with van der Waals surface area (Å²) in [5.41, 5.74) is 7.26. The zero-order valence-electron chi connectivity index (χ0n) is 12.6. The SMILES string of the molecule is Cc1cc(C)c(-c2cc(C)nc(C3CNC3)n2)c(C)c1. The molecule has 1 saturated heterocycles. The minimum Gasteiger partial charge on any atom is -0.315 e. The van der Waals surface area contributed by atoms with Gasteiger partial charge in [-0.05, 0) is 44.9 Å². The monoisotopic (exact) mass is 267 g/mol. The Morgan fingerprint density at radius 3 is 2.15 bits per heavy atom. The average molecular weight is 267 g/mol. The van der Waals surface area contributed by atoms with Crippen LogP contribution in [0.1, 0.15) is 34.1 Å². The van der Waals surface area contributed by atoms with Crippen LogP contribution in [0, 0.1) is 27.7 Å². The molecule has 0 amide bonds. The highest BCUT2D eigenvalue weighted by atomic mass is 15.0. The Hall–Kier alpha value is -1.74. The van der Waals surface area contributed by atoms with Gasteiger partial charge >= 0.3 is 0 Å². The summed E-state index contributed by atoms with van der Waals surface area (Å²) in [6.45, 7) is 10.5. The molecule has 0 saturated carbocycles. The van der Waals surface area contributed by atoms with Crippen LogP contribution in [-0.2, 0) is 0 Å². The van der Waals surface area contributed by atoms with Crippen LogP contribution in [0.25, 0.3) is 11.3 Å². The Kier molecular flexibility index (Phi) is 3.30. The van der Waals surface area contributed by atoms with E-state index in [9.17, 15) is 0 Å². The van der Waals surface area contributed by atoms with Gasteiger partial charge in [-0.15, -0.1) is 0 Å². The van der Waals surface area contributed by atoms with Crippen LogP contribution < -0.4 is 5.32 Å². The van der Waals surface area contributed by atoms with Gasteiger partial charge in [0, 0.05) is 30.3 Å². The number of nitrogens with one attached hydrogen (secondary N) is 1. The normalized spacial score (nSPS) is 15.2. The number of benzene rings is 1. The van der Waals surface area contributed by atoms with E-state index in [2.05, 4.69) is 56.2 Å². The quantitative estimate of drug-likeness (QED) is 0.908. The van der Waals surface area contributed by atoms with Crippen molar-refractivity contribution in [2.45, 2.75) is 33.6 Å². The van der Waals surface area contributed by atoms with Crippen LogP contribution in [0.5, 0.6) is 0 Å². The smallest absolute Gasteiger partial charge is 0.134 e. The van der Waals surface area contributed by atoms with Gasteiger partial charge in [0.15, 0.2) is 0 Å². The van der Waals surface area contributed by atoms with Crippen molar-refractivity contribution < 1.29 is 0 Å². The molecule has 1 N–H and O–H groups in total. The van der Waals surface area contributed by atoms with E-state index in [1.54, 1.807) is 0 Å². The molecule has 3 heteroatoms. The molecule has 1 aliphatic rings. The third-order valence-electron chi connectivity index (χ3n) is 3.95. The van der Waals surface area contributed by atoms with E-state index in [0.717, 1.165) is 30.3 Å². The van der Waals surface area contributed by atoms with Crippen molar-refractivity contribution in [1.82, 2.24) is 15.3 Å². The standard InChI is InChI=1S/C17H21N3/c1-10-5-11(2)16(12(3)6-10)15-7-13(4)19-17(20-15)14-8-18-9-14/h5-7,14,18H,8-9H2,1-4H3. The molecular weight excluding hydrogens is 246 g/mol. The molecule has 0 spiro atoms. The maximum absolute atomic E-state index is 4.83. The molecular formula is C17H21N3. The summed E-state index contributed by atoms with van der Waals surface area (Å²) < 4.78 is 0. The summed E-state index contributed by atoms with van der Waals surface area (Å²) in [5.74, 6) is 1.46. The summed E-state index contributed by atoms with van der Waals surface area (Å²) in [5, 5.41) is 3.29. The minimum absolute atomic E-state index is 0.472. The lowest BCUT2D eigenvalue weighted by Crippen LogP contribution is -2.41. The largest absolute Gasteiger partial charge is 0.315 e. The Balaban J connectivity index is 2.12. The van der Waals surface area contributed by atoms with Crippen molar-refractivity contribution in [2.75, 3.05) is 13.1 Å². The van der Waals surface area contributed by atoms with Crippen LogP contribution in [-0.4, -0.2) is 23.1 Å². The van der Waals surface area contributed by atoms with Crippen molar-refractivity contribution in [3.8, 4) is 11.3 Å². The molecule has 1 fully saturated rings.